The molecular formula is C8H11NO3Y. The van der Waals surface area contributed by atoms with Crippen LogP contribution in [0.4, 0.5) is 0 Å². The first-order valence-corrected chi connectivity index (χ1v) is 4.02. The third kappa shape index (κ3) is 1.67. The van der Waals surface area contributed by atoms with E-state index in [0.29, 0.717) is 12.2 Å². The van der Waals surface area contributed by atoms with Gasteiger partial charge in [-0.05, 0) is 13.0 Å². The average molecular weight is 258 g/mol. The van der Waals surface area contributed by atoms with E-state index in [1.807, 2.05) is 6.92 Å². The predicted molar refractivity (Wildman–Crippen MR) is 41.0 cm³/mol. The van der Waals surface area contributed by atoms with E-state index in [1.165, 1.54) is 0 Å². The number of aliphatic hydroxyl groups excluding tert-OH is 1. The van der Waals surface area contributed by atoms with Gasteiger partial charge in [-0.1, -0.05) is 0 Å². The number of carbonyl (C=O) groups is 1. The van der Waals surface area contributed by atoms with Crippen molar-refractivity contribution in [2.45, 2.75) is 25.6 Å². The molecule has 2 saturated heterocycles. The Labute approximate surface area is 102 Å². The molecule has 2 rings (SSSR count). The number of hydrogen-bond donors (Lipinski definition) is 1. The number of ether oxygens (including phenoxy) is 1. The summed E-state index contributed by atoms with van der Waals surface area (Å²) in [6.45, 7) is 1.87. The molecule has 2 unspecified atom stereocenters. The number of amides is 1. The number of aliphatic hydroxyl groups is 1. The second-order valence-electron chi connectivity index (χ2n) is 3.04. The van der Waals surface area contributed by atoms with E-state index in [-0.39, 0.29) is 57.5 Å². The van der Waals surface area contributed by atoms with Crippen LogP contribution in [0.5, 0.6) is 0 Å². The van der Waals surface area contributed by atoms with E-state index in [2.05, 4.69) is 0 Å². The van der Waals surface area contributed by atoms with E-state index >= 15 is 0 Å². The van der Waals surface area contributed by atoms with Crippen molar-refractivity contribution in [1.29, 1.82) is 0 Å². The molecule has 0 aliphatic carbocycles. The fraction of sp³-hybridized carbons (Fsp3) is 0.625. The zero-order valence-electron chi connectivity index (χ0n) is 7.43. The van der Waals surface area contributed by atoms with Gasteiger partial charge in [0.15, 0.2) is 6.23 Å². The van der Waals surface area contributed by atoms with Gasteiger partial charge in [-0.15, -0.1) is 0 Å². The number of carbonyl (C=O) groups excluding carboxylic acids is 1. The predicted octanol–water partition coefficient (Wildman–Crippen LogP) is -0.163. The number of β-lactam (4-membered cyclic amide) rings is 1. The van der Waals surface area contributed by atoms with Gasteiger partial charge in [0.05, 0.1) is 19.1 Å². The number of nitrogens with zero attached hydrogens (tertiary/aromatic N) is 1. The van der Waals surface area contributed by atoms with E-state index in [4.69, 9.17) is 9.84 Å². The third-order valence-electron chi connectivity index (χ3n) is 2.34. The Morgan fingerprint density at radius 2 is 2.46 bits per heavy atom. The summed E-state index contributed by atoms with van der Waals surface area (Å²) in [7, 11) is 0. The first-order valence-electron chi connectivity index (χ1n) is 4.02. The van der Waals surface area contributed by atoms with Crippen molar-refractivity contribution in [2.75, 3.05) is 6.61 Å². The minimum atomic E-state index is -0.0645. The summed E-state index contributed by atoms with van der Waals surface area (Å²) in [5, 5.41) is 8.64. The summed E-state index contributed by atoms with van der Waals surface area (Å²) >= 11 is 0. The number of rotatable bonds is 1. The zero-order valence-corrected chi connectivity index (χ0v) is 10.3. The second-order valence-corrected chi connectivity index (χ2v) is 3.04. The zero-order chi connectivity index (χ0) is 8.72. The van der Waals surface area contributed by atoms with Crippen molar-refractivity contribution in [3.05, 3.63) is 11.8 Å². The Kier molecular flexibility index (Phi) is 3.49. The van der Waals surface area contributed by atoms with Crippen LogP contribution < -0.4 is 0 Å². The quantitative estimate of drug-likeness (QED) is 0.665. The molecule has 69 valence electrons. The Morgan fingerprint density at radius 3 is 2.92 bits per heavy atom. The van der Waals surface area contributed by atoms with Gasteiger partial charge in [0.25, 0.3) is 0 Å². The van der Waals surface area contributed by atoms with Gasteiger partial charge in [-0.3, -0.25) is 9.69 Å². The third-order valence-corrected chi connectivity index (χ3v) is 2.34. The van der Waals surface area contributed by atoms with Gasteiger partial charge >= 0.3 is 0 Å². The smallest absolute Gasteiger partial charge is 0.231 e. The summed E-state index contributed by atoms with van der Waals surface area (Å²) in [6.07, 6.45) is 2.02. The molecule has 0 aromatic rings. The topological polar surface area (TPSA) is 49.8 Å². The Balaban J connectivity index is 0.000000845. The molecule has 2 aliphatic heterocycles. The van der Waals surface area contributed by atoms with Crippen LogP contribution in [0.3, 0.4) is 0 Å². The van der Waals surface area contributed by atoms with E-state index in [9.17, 15) is 4.79 Å². The molecular weight excluding hydrogens is 247 g/mol. The first-order chi connectivity index (χ1) is 5.74. The standard InChI is InChI=1S/C8H11NO3.Y/c1-5-6(2-3-10)12-8-4-7(11)9(5)8;/h2,5,8,10H,3-4H2,1H3;/b6-2-;. The molecule has 0 aromatic heterocycles. The van der Waals surface area contributed by atoms with Gasteiger partial charge in [0.2, 0.25) is 5.91 Å². The molecule has 5 heteroatoms. The normalized spacial score (nSPS) is 33.5. The van der Waals surface area contributed by atoms with Crippen LogP contribution in [0.2, 0.25) is 0 Å². The fourth-order valence-electron chi connectivity index (χ4n) is 1.67. The van der Waals surface area contributed by atoms with Gasteiger partial charge < -0.3 is 9.84 Å². The van der Waals surface area contributed by atoms with Gasteiger partial charge in [-0.2, -0.15) is 0 Å². The largest absolute Gasteiger partial charge is 0.472 e. The molecule has 2 fully saturated rings. The molecule has 0 spiro atoms. The molecule has 2 heterocycles. The molecule has 1 N–H and O–H groups in total. The second kappa shape index (κ2) is 4.07. The number of hydrogen-bond acceptors (Lipinski definition) is 3. The van der Waals surface area contributed by atoms with Crippen LogP contribution in [0.15, 0.2) is 11.8 Å². The maximum Gasteiger partial charge on any atom is 0.231 e. The molecule has 0 saturated carbocycles. The molecule has 0 aromatic carbocycles. The van der Waals surface area contributed by atoms with E-state index < -0.39 is 0 Å². The van der Waals surface area contributed by atoms with Crippen molar-refractivity contribution in [1.82, 2.24) is 4.90 Å². The van der Waals surface area contributed by atoms with Gasteiger partial charge in [0, 0.05) is 32.7 Å². The Bertz CT molecular complexity index is 254. The van der Waals surface area contributed by atoms with Crippen LogP contribution in [0.25, 0.3) is 0 Å². The summed E-state index contributed by atoms with van der Waals surface area (Å²) in [6, 6.07) is 0.00315. The van der Waals surface area contributed by atoms with Crippen molar-refractivity contribution in [2.24, 2.45) is 0 Å². The minimum absolute atomic E-state index is 0. The molecule has 13 heavy (non-hydrogen) atoms. The summed E-state index contributed by atoms with van der Waals surface area (Å²) in [4.78, 5) is 12.7. The van der Waals surface area contributed by atoms with Gasteiger partial charge in [0.1, 0.15) is 5.76 Å². The van der Waals surface area contributed by atoms with Crippen LogP contribution in [-0.2, 0) is 42.2 Å². The van der Waals surface area contributed by atoms with Crippen molar-refractivity contribution < 1.29 is 47.3 Å². The van der Waals surface area contributed by atoms with Crippen LogP contribution >= 0.6 is 0 Å². The Morgan fingerprint density at radius 1 is 1.77 bits per heavy atom. The molecule has 0 bridgehead atoms. The minimum Gasteiger partial charge on any atom is -0.472 e. The van der Waals surface area contributed by atoms with Crippen LogP contribution in [-0.4, -0.2) is 34.8 Å². The first kappa shape index (κ1) is 11.2. The maximum atomic E-state index is 11.0. The monoisotopic (exact) mass is 258 g/mol. The maximum absolute atomic E-state index is 11.0. The molecule has 2 aliphatic rings. The van der Waals surface area contributed by atoms with E-state index in [1.54, 1.807) is 11.0 Å². The van der Waals surface area contributed by atoms with Crippen molar-refractivity contribution >= 4 is 5.91 Å². The molecule has 1 amide bonds. The molecule has 2 atom stereocenters. The van der Waals surface area contributed by atoms with Crippen molar-refractivity contribution in [3.63, 3.8) is 0 Å². The molecule has 4 nitrogen and oxygen atoms in total. The summed E-state index contributed by atoms with van der Waals surface area (Å²) in [5.74, 6) is 0.849. The number of fused-ring (bicyclic) bond motifs is 1. The fourth-order valence-corrected chi connectivity index (χ4v) is 1.67. The van der Waals surface area contributed by atoms with Crippen LogP contribution in [0.1, 0.15) is 13.3 Å². The van der Waals surface area contributed by atoms with Crippen LogP contribution in [0, 0.1) is 0 Å². The van der Waals surface area contributed by atoms with Gasteiger partial charge in [-0.25, -0.2) is 0 Å². The summed E-state index contributed by atoms with van der Waals surface area (Å²) < 4.78 is 5.39. The van der Waals surface area contributed by atoms with E-state index in [0.717, 1.165) is 0 Å². The van der Waals surface area contributed by atoms with Crippen molar-refractivity contribution in [3.8, 4) is 0 Å². The molecule has 1 radical (unpaired) electrons. The average Bonchev–Trinajstić information content (AvgIpc) is 2.24. The summed E-state index contributed by atoms with van der Waals surface area (Å²) in [5.41, 5.74) is 0. The Hall–Kier alpha value is 0.0739. The SMILES string of the molecule is CC1/C(=C/CO)OC2CC(=O)N21.[Y].